The Labute approximate surface area is 186 Å². The highest BCUT2D eigenvalue weighted by Crippen LogP contribution is 2.42. The number of amides is 1. The summed E-state index contributed by atoms with van der Waals surface area (Å²) < 4.78 is 5.29. The predicted molar refractivity (Wildman–Crippen MR) is 123 cm³/mol. The number of aryl methyl sites for hydroxylation is 3. The van der Waals surface area contributed by atoms with Crippen molar-refractivity contribution in [1.82, 2.24) is 4.98 Å². The van der Waals surface area contributed by atoms with E-state index in [-0.39, 0.29) is 11.3 Å². The van der Waals surface area contributed by atoms with Crippen molar-refractivity contribution in [2.45, 2.75) is 26.8 Å². The zero-order valence-electron chi connectivity index (χ0n) is 18.4. The molecule has 6 heteroatoms. The molecule has 0 radical (unpaired) electrons. The van der Waals surface area contributed by atoms with Crippen LogP contribution in [0.15, 0.2) is 66.5 Å². The minimum absolute atomic E-state index is 0.0331. The normalized spacial score (nSPS) is 17.6. The molecule has 1 fully saturated rings. The van der Waals surface area contributed by atoms with Crippen LogP contribution in [0.4, 0.5) is 5.69 Å². The Hall–Kier alpha value is -3.93. The largest absolute Gasteiger partial charge is 0.507 e. The van der Waals surface area contributed by atoms with Crippen molar-refractivity contribution in [2.24, 2.45) is 0 Å². The molecule has 0 bridgehead atoms. The monoisotopic (exact) mass is 428 g/mol. The number of carbonyl (C=O) groups excluding carboxylic acids is 2. The van der Waals surface area contributed by atoms with E-state index in [4.69, 9.17) is 4.74 Å². The molecule has 4 rings (SSSR count). The number of aromatic nitrogens is 1. The molecule has 2 aromatic carbocycles. The Balaban J connectivity index is 1.94. The van der Waals surface area contributed by atoms with Crippen LogP contribution in [0, 0.1) is 20.8 Å². The number of hydrogen-bond acceptors (Lipinski definition) is 5. The van der Waals surface area contributed by atoms with E-state index in [2.05, 4.69) is 4.98 Å². The van der Waals surface area contributed by atoms with Crippen LogP contribution in [-0.4, -0.2) is 28.9 Å². The first kappa shape index (κ1) is 21.3. The fourth-order valence-electron chi connectivity index (χ4n) is 4.01. The van der Waals surface area contributed by atoms with Gasteiger partial charge in [0.2, 0.25) is 0 Å². The fourth-order valence-corrected chi connectivity index (χ4v) is 4.01. The number of nitrogens with zero attached hydrogens (tertiary/aromatic N) is 2. The molecule has 162 valence electrons. The first-order valence-electron chi connectivity index (χ1n) is 10.3. The number of Topliss-reactive ketones (excluding diaryl/α,β-unsaturated/α-hetero) is 1. The summed E-state index contributed by atoms with van der Waals surface area (Å²) in [5.41, 5.74) is 4.58. The molecule has 6 nitrogen and oxygen atoms in total. The number of methoxy groups -OCH3 is 1. The Bertz CT molecular complexity index is 1250. The van der Waals surface area contributed by atoms with E-state index >= 15 is 0 Å². The smallest absolute Gasteiger partial charge is 0.300 e. The predicted octanol–water partition coefficient (Wildman–Crippen LogP) is 4.64. The van der Waals surface area contributed by atoms with Gasteiger partial charge in [0.25, 0.3) is 11.7 Å². The standard InChI is InChI=1S/C26H24N2O4/c1-15-7-9-20(13-16(15)2)28-23(19-6-5-11-27-14-19)22(25(30)26(28)31)24(29)18-8-10-21(32-4)17(3)12-18/h5-14,23,29H,1-4H3/b24-22+. The molecule has 1 atom stereocenters. The van der Waals surface area contributed by atoms with Crippen LogP contribution in [0.2, 0.25) is 0 Å². The highest BCUT2D eigenvalue weighted by atomic mass is 16.5. The lowest BCUT2D eigenvalue weighted by atomic mass is 9.95. The molecule has 1 aromatic heterocycles. The molecule has 1 aliphatic heterocycles. The number of aliphatic hydroxyl groups is 1. The molecule has 0 aliphatic carbocycles. The average molecular weight is 428 g/mol. The van der Waals surface area contributed by atoms with E-state index in [0.29, 0.717) is 22.6 Å². The molecular weight excluding hydrogens is 404 g/mol. The van der Waals surface area contributed by atoms with Gasteiger partial charge in [-0.05, 0) is 79.4 Å². The summed E-state index contributed by atoms with van der Waals surface area (Å²) in [6.07, 6.45) is 3.23. The highest BCUT2D eigenvalue weighted by Gasteiger charge is 2.47. The summed E-state index contributed by atoms with van der Waals surface area (Å²) in [7, 11) is 1.57. The maximum atomic E-state index is 13.2. The minimum atomic E-state index is -0.798. The third kappa shape index (κ3) is 3.54. The number of hydrogen-bond donors (Lipinski definition) is 1. The summed E-state index contributed by atoms with van der Waals surface area (Å²) in [4.78, 5) is 32.0. The molecule has 3 aromatic rings. The lowest BCUT2D eigenvalue weighted by Gasteiger charge is -2.25. The van der Waals surface area contributed by atoms with E-state index in [1.165, 1.54) is 4.90 Å². The second-order valence-corrected chi connectivity index (χ2v) is 7.91. The number of anilines is 1. The van der Waals surface area contributed by atoms with Gasteiger partial charge in [-0.25, -0.2) is 0 Å². The zero-order valence-corrected chi connectivity index (χ0v) is 18.4. The second-order valence-electron chi connectivity index (χ2n) is 7.91. The number of aliphatic hydroxyl groups excluding tert-OH is 1. The third-order valence-electron chi connectivity index (χ3n) is 5.88. The maximum absolute atomic E-state index is 13.2. The Kier molecular flexibility index (Phi) is 5.53. The minimum Gasteiger partial charge on any atom is -0.507 e. The molecule has 2 heterocycles. The van der Waals surface area contributed by atoms with Gasteiger partial charge in [-0.15, -0.1) is 0 Å². The van der Waals surface area contributed by atoms with E-state index in [9.17, 15) is 14.7 Å². The van der Waals surface area contributed by atoms with Crippen molar-refractivity contribution >= 4 is 23.1 Å². The van der Waals surface area contributed by atoms with Gasteiger partial charge in [0.05, 0.1) is 18.7 Å². The van der Waals surface area contributed by atoms with Crippen LogP contribution in [-0.2, 0) is 9.59 Å². The molecule has 1 saturated heterocycles. The van der Waals surface area contributed by atoms with Gasteiger partial charge in [-0.2, -0.15) is 0 Å². The van der Waals surface area contributed by atoms with Crippen molar-refractivity contribution in [2.75, 3.05) is 12.0 Å². The number of rotatable bonds is 4. The highest BCUT2D eigenvalue weighted by molar-refractivity contribution is 6.51. The van der Waals surface area contributed by atoms with Crippen LogP contribution < -0.4 is 9.64 Å². The van der Waals surface area contributed by atoms with E-state index < -0.39 is 17.7 Å². The lowest BCUT2D eigenvalue weighted by molar-refractivity contribution is -0.132. The van der Waals surface area contributed by atoms with E-state index in [1.54, 1.807) is 49.8 Å². The summed E-state index contributed by atoms with van der Waals surface area (Å²) in [5.74, 6) is -0.979. The Morgan fingerprint density at radius 3 is 2.41 bits per heavy atom. The summed E-state index contributed by atoms with van der Waals surface area (Å²) in [6, 6.07) is 13.5. The van der Waals surface area contributed by atoms with Crippen LogP contribution in [0.1, 0.15) is 33.9 Å². The van der Waals surface area contributed by atoms with E-state index in [0.717, 1.165) is 16.7 Å². The van der Waals surface area contributed by atoms with Crippen molar-refractivity contribution in [1.29, 1.82) is 0 Å². The topological polar surface area (TPSA) is 79.7 Å². The molecule has 1 amide bonds. The van der Waals surface area contributed by atoms with Crippen LogP contribution in [0.5, 0.6) is 5.75 Å². The van der Waals surface area contributed by atoms with Gasteiger partial charge < -0.3 is 9.84 Å². The number of pyridine rings is 1. The SMILES string of the molecule is COc1ccc(/C(O)=C2\C(=O)C(=O)N(c3ccc(C)c(C)c3)C2c2cccnc2)cc1C. The van der Waals surface area contributed by atoms with Gasteiger partial charge in [-0.3, -0.25) is 19.5 Å². The fraction of sp³-hybridized carbons (Fsp3) is 0.192. The summed E-state index contributed by atoms with van der Waals surface area (Å²) in [6.45, 7) is 5.79. The molecule has 0 saturated carbocycles. The number of benzene rings is 2. The van der Waals surface area contributed by atoms with Crippen LogP contribution >= 0.6 is 0 Å². The molecular formula is C26H24N2O4. The third-order valence-corrected chi connectivity index (χ3v) is 5.88. The van der Waals surface area contributed by atoms with Gasteiger partial charge in [0.15, 0.2) is 0 Å². The first-order valence-corrected chi connectivity index (χ1v) is 10.3. The van der Waals surface area contributed by atoms with Gasteiger partial charge in [-0.1, -0.05) is 12.1 Å². The van der Waals surface area contributed by atoms with Crippen molar-refractivity contribution in [3.63, 3.8) is 0 Å². The van der Waals surface area contributed by atoms with Crippen LogP contribution in [0.3, 0.4) is 0 Å². The van der Waals surface area contributed by atoms with Crippen LogP contribution in [0.25, 0.3) is 5.76 Å². The van der Waals surface area contributed by atoms with Crippen molar-refractivity contribution in [3.05, 3.63) is 94.3 Å². The number of carbonyl (C=O) groups is 2. The van der Waals surface area contributed by atoms with E-state index in [1.807, 2.05) is 39.0 Å². The Morgan fingerprint density at radius 2 is 1.78 bits per heavy atom. The first-order chi connectivity index (χ1) is 15.3. The number of ether oxygens (including phenoxy) is 1. The average Bonchev–Trinajstić information content (AvgIpc) is 3.06. The summed E-state index contributed by atoms with van der Waals surface area (Å²) in [5, 5.41) is 11.2. The lowest BCUT2D eigenvalue weighted by Crippen LogP contribution is -2.29. The van der Waals surface area contributed by atoms with Gasteiger partial charge in [0.1, 0.15) is 11.5 Å². The van der Waals surface area contributed by atoms with Gasteiger partial charge in [0, 0.05) is 23.6 Å². The molecule has 0 spiro atoms. The maximum Gasteiger partial charge on any atom is 0.300 e. The Morgan fingerprint density at radius 1 is 1.00 bits per heavy atom. The molecule has 1 aliphatic rings. The molecule has 32 heavy (non-hydrogen) atoms. The quantitative estimate of drug-likeness (QED) is 0.372. The van der Waals surface area contributed by atoms with Crippen molar-refractivity contribution < 1.29 is 19.4 Å². The summed E-state index contributed by atoms with van der Waals surface area (Å²) >= 11 is 0. The molecule has 1 unspecified atom stereocenters. The van der Waals surface area contributed by atoms with Gasteiger partial charge >= 0.3 is 0 Å². The zero-order chi connectivity index (χ0) is 23.0. The molecule has 1 N–H and O–H groups in total. The van der Waals surface area contributed by atoms with Crippen molar-refractivity contribution in [3.8, 4) is 5.75 Å². The number of ketones is 1. The second kappa shape index (κ2) is 8.30.